The lowest BCUT2D eigenvalue weighted by molar-refractivity contribution is -0.137. The molecule has 1 fully saturated rings. The Morgan fingerprint density at radius 2 is 1.81 bits per heavy atom. The monoisotopic (exact) mass is 320 g/mol. The van der Waals surface area contributed by atoms with Crippen LogP contribution in [0, 0.1) is 5.92 Å². The van der Waals surface area contributed by atoms with Gasteiger partial charge in [-0.2, -0.15) is 12.7 Å². The van der Waals surface area contributed by atoms with E-state index in [1.807, 2.05) is 6.92 Å². The highest BCUT2D eigenvalue weighted by Gasteiger charge is 2.22. The number of carboxylic acids is 1. The van der Waals surface area contributed by atoms with E-state index in [0.717, 1.165) is 32.1 Å². The summed E-state index contributed by atoms with van der Waals surface area (Å²) in [6.45, 7) is 3.60. The van der Waals surface area contributed by atoms with Gasteiger partial charge >= 0.3 is 5.97 Å². The number of aliphatic carboxylic acids is 1. The Labute approximate surface area is 128 Å². The second-order valence-corrected chi connectivity index (χ2v) is 7.46. The average Bonchev–Trinajstić information content (AvgIpc) is 2.71. The molecule has 0 aromatic rings. The van der Waals surface area contributed by atoms with Crippen LogP contribution in [0.4, 0.5) is 0 Å². The maximum absolute atomic E-state index is 12.2. The summed E-state index contributed by atoms with van der Waals surface area (Å²) in [5, 5.41) is 8.69. The standard InChI is InChI=1S/C14H28N2O4S/c1-2-13(7-8-14(17)18)9-10-15-21(19,20)16-11-5-3-4-6-12-16/h13,15H,2-12H2,1H3,(H,17,18). The molecule has 2 N–H and O–H groups in total. The Bertz CT molecular complexity index is 403. The molecule has 0 aromatic heterocycles. The third-order valence-corrected chi connectivity index (χ3v) is 5.70. The third-order valence-electron chi connectivity index (χ3n) is 4.09. The van der Waals surface area contributed by atoms with Crippen LogP contribution < -0.4 is 4.72 Å². The van der Waals surface area contributed by atoms with E-state index in [2.05, 4.69) is 4.72 Å². The minimum Gasteiger partial charge on any atom is -0.481 e. The van der Waals surface area contributed by atoms with Crippen LogP contribution in [0.1, 0.15) is 58.3 Å². The third kappa shape index (κ3) is 7.24. The molecule has 124 valence electrons. The Morgan fingerprint density at radius 1 is 1.19 bits per heavy atom. The zero-order chi connectivity index (χ0) is 15.7. The molecule has 1 aliphatic rings. The maximum atomic E-state index is 12.2. The Balaban J connectivity index is 2.36. The number of nitrogens with zero attached hydrogens (tertiary/aromatic N) is 1. The number of carboxylic acid groups (broad SMARTS) is 1. The summed E-state index contributed by atoms with van der Waals surface area (Å²) < 4.78 is 28.6. The molecule has 7 heteroatoms. The van der Waals surface area contributed by atoms with E-state index in [0.29, 0.717) is 32.5 Å². The van der Waals surface area contributed by atoms with Gasteiger partial charge in [-0.25, -0.2) is 4.72 Å². The van der Waals surface area contributed by atoms with Crippen LogP contribution in [0.5, 0.6) is 0 Å². The molecule has 1 aliphatic heterocycles. The first-order valence-corrected chi connectivity index (χ1v) is 9.36. The second-order valence-electron chi connectivity index (χ2n) is 5.71. The van der Waals surface area contributed by atoms with Gasteiger partial charge in [-0.3, -0.25) is 4.79 Å². The van der Waals surface area contributed by atoms with Gasteiger partial charge < -0.3 is 5.11 Å². The summed E-state index contributed by atoms with van der Waals surface area (Å²) in [6.07, 6.45) is 6.37. The summed E-state index contributed by atoms with van der Waals surface area (Å²) in [4.78, 5) is 10.6. The molecule has 0 saturated carbocycles. The summed E-state index contributed by atoms with van der Waals surface area (Å²) in [5.41, 5.74) is 0. The molecule has 1 unspecified atom stereocenters. The van der Waals surface area contributed by atoms with Crippen LogP contribution in [0.3, 0.4) is 0 Å². The summed E-state index contributed by atoms with van der Waals surface area (Å²) in [5.74, 6) is -0.536. The van der Waals surface area contributed by atoms with Crippen molar-refractivity contribution in [3.05, 3.63) is 0 Å². The number of nitrogens with one attached hydrogen (secondary N) is 1. The number of rotatable bonds is 9. The topological polar surface area (TPSA) is 86.7 Å². The van der Waals surface area contributed by atoms with Gasteiger partial charge in [0.25, 0.3) is 10.2 Å². The van der Waals surface area contributed by atoms with Crippen LogP contribution >= 0.6 is 0 Å². The minimum absolute atomic E-state index is 0.150. The number of hydrogen-bond donors (Lipinski definition) is 2. The van der Waals surface area contributed by atoms with Gasteiger partial charge in [0.2, 0.25) is 0 Å². The van der Waals surface area contributed by atoms with E-state index in [-0.39, 0.29) is 12.3 Å². The molecule has 1 rings (SSSR count). The van der Waals surface area contributed by atoms with Gasteiger partial charge in [0, 0.05) is 26.1 Å². The van der Waals surface area contributed by atoms with Crippen molar-refractivity contribution in [1.29, 1.82) is 0 Å². The maximum Gasteiger partial charge on any atom is 0.303 e. The molecule has 0 spiro atoms. The highest BCUT2D eigenvalue weighted by molar-refractivity contribution is 7.87. The van der Waals surface area contributed by atoms with Crippen LogP contribution in [-0.2, 0) is 15.0 Å². The molecule has 0 aliphatic carbocycles. The normalized spacial score (nSPS) is 19.1. The second kappa shape index (κ2) is 9.38. The fourth-order valence-corrected chi connectivity index (χ4v) is 3.94. The Kier molecular flexibility index (Phi) is 8.21. The highest BCUT2D eigenvalue weighted by Crippen LogP contribution is 2.16. The largest absolute Gasteiger partial charge is 0.481 e. The molecular weight excluding hydrogens is 292 g/mol. The Hall–Kier alpha value is -0.660. The first-order valence-electron chi connectivity index (χ1n) is 7.92. The quantitative estimate of drug-likeness (QED) is 0.680. The van der Waals surface area contributed by atoms with Crippen molar-refractivity contribution in [3.63, 3.8) is 0 Å². The van der Waals surface area contributed by atoms with E-state index in [9.17, 15) is 13.2 Å². The number of carbonyl (C=O) groups is 1. The van der Waals surface area contributed by atoms with Crippen molar-refractivity contribution in [2.24, 2.45) is 5.92 Å². The molecule has 1 heterocycles. The van der Waals surface area contributed by atoms with Crippen LogP contribution in [0.15, 0.2) is 0 Å². The predicted molar refractivity (Wildman–Crippen MR) is 82.2 cm³/mol. The van der Waals surface area contributed by atoms with E-state index in [4.69, 9.17) is 5.11 Å². The van der Waals surface area contributed by atoms with Crippen molar-refractivity contribution < 1.29 is 18.3 Å². The zero-order valence-corrected chi connectivity index (χ0v) is 13.7. The first-order chi connectivity index (χ1) is 9.95. The molecular formula is C14H28N2O4S. The zero-order valence-electron chi connectivity index (χ0n) is 12.9. The van der Waals surface area contributed by atoms with E-state index in [1.54, 1.807) is 0 Å². The van der Waals surface area contributed by atoms with Crippen LogP contribution in [-0.4, -0.2) is 43.4 Å². The summed E-state index contributed by atoms with van der Waals surface area (Å²) >= 11 is 0. The summed E-state index contributed by atoms with van der Waals surface area (Å²) in [7, 11) is -3.37. The summed E-state index contributed by atoms with van der Waals surface area (Å²) in [6, 6.07) is 0. The van der Waals surface area contributed by atoms with Gasteiger partial charge in [-0.1, -0.05) is 26.2 Å². The van der Waals surface area contributed by atoms with Gasteiger partial charge in [-0.15, -0.1) is 0 Å². The predicted octanol–water partition coefficient (Wildman–Crippen LogP) is 1.98. The molecule has 0 amide bonds. The average molecular weight is 320 g/mol. The van der Waals surface area contributed by atoms with Gasteiger partial charge in [0.05, 0.1) is 0 Å². The van der Waals surface area contributed by atoms with Gasteiger partial charge in [0.1, 0.15) is 0 Å². The fourth-order valence-electron chi connectivity index (χ4n) is 2.65. The lowest BCUT2D eigenvalue weighted by Gasteiger charge is -2.21. The van der Waals surface area contributed by atoms with Crippen molar-refractivity contribution in [2.75, 3.05) is 19.6 Å². The number of hydrogen-bond acceptors (Lipinski definition) is 3. The van der Waals surface area contributed by atoms with E-state index < -0.39 is 16.2 Å². The molecule has 0 radical (unpaired) electrons. The lowest BCUT2D eigenvalue weighted by atomic mass is 9.97. The Morgan fingerprint density at radius 3 is 2.33 bits per heavy atom. The van der Waals surface area contributed by atoms with Crippen molar-refractivity contribution in [1.82, 2.24) is 9.03 Å². The highest BCUT2D eigenvalue weighted by atomic mass is 32.2. The van der Waals surface area contributed by atoms with Gasteiger partial charge in [-0.05, 0) is 31.6 Å². The SMILES string of the molecule is CCC(CCNS(=O)(=O)N1CCCCCC1)CCC(=O)O. The molecule has 1 saturated heterocycles. The van der Waals surface area contributed by atoms with Gasteiger partial charge in [0.15, 0.2) is 0 Å². The minimum atomic E-state index is -3.37. The first kappa shape index (κ1) is 18.4. The van der Waals surface area contributed by atoms with Crippen molar-refractivity contribution in [2.45, 2.75) is 58.3 Å². The molecule has 6 nitrogen and oxygen atoms in total. The molecule has 1 atom stereocenters. The molecule has 0 aromatic carbocycles. The van der Waals surface area contributed by atoms with Crippen LogP contribution in [0.25, 0.3) is 0 Å². The molecule has 21 heavy (non-hydrogen) atoms. The lowest BCUT2D eigenvalue weighted by Crippen LogP contribution is -2.41. The van der Waals surface area contributed by atoms with Crippen molar-refractivity contribution in [3.8, 4) is 0 Å². The van der Waals surface area contributed by atoms with E-state index >= 15 is 0 Å². The van der Waals surface area contributed by atoms with Crippen molar-refractivity contribution >= 4 is 16.2 Å². The van der Waals surface area contributed by atoms with Crippen LogP contribution in [0.2, 0.25) is 0 Å². The van der Waals surface area contributed by atoms with E-state index in [1.165, 1.54) is 4.31 Å². The molecule has 0 bridgehead atoms. The smallest absolute Gasteiger partial charge is 0.303 e. The fraction of sp³-hybridized carbons (Fsp3) is 0.929.